The maximum absolute atomic E-state index is 13.8. The molecule has 0 radical (unpaired) electrons. The predicted molar refractivity (Wildman–Crippen MR) is 120 cm³/mol. The van der Waals surface area contributed by atoms with Gasteiger partial charge in [-0.05, 0) is 66.0 Å². The Morgan fingerprint density at radius 1 is 1.24 bits per heavy atom. The highest BCUT2D eigenvalue weighted by atomic mass is 32.2. The number of rotatable bonds is 5. The van der Waals surface area contributed by atoms with Crippen LogP contribution in [0.3, 0.4) is 0 Å². The summed E-state index contributed by atoms with van der Waals surface area (Å²) in [5, 5.41) is 10.7. The molecular weight excluding hydrogens is 401 g/mol. The lowest BCUT2D eigenvalue weighted by Gasteiger charge is -2.40. The van der Waals surface area contributed by atoms with Crippen molar-refractivity contribution in [3.63, 3.8) is 0 Å². The van der Waals surface area contributed by atoms with E-state index in [0.717, 1.165) is 47.6 Å². The molecule has 1 aliphatic carbocycles. The van der Waals surface area contributed by atoms with Gasteiger partial charge >= 0.3 is 0 Å². The van der Waals surface area contributed by atoms with Gasteiger partial charge in [-0.2, -0.15) is 28.8 Å². The van der Waals surface area contributed by atoms with Crippen LogP contribution >= 0.6 is 23.5 Å². The highest BCUT2D eigenvalue weighted by Crippen LogP contribution is 2.47. The van der Waals surface area contributed by atoms with Crippen LogP contribution in [0.5, 0.6) is 5.75 Å². The molecule has 1 fully saturated rings. The fourth-order valence-corrected chi connectivity index (χ4v) is 7.94. The second-order valence-electron chi connectivity index (χ2n) is 7.82. The third kappa shape index (κ3) is 4.44. The molecule has 1 heterocycles. The van der Waals surface area contributed by atoms with Gasteiger partial charge in [0.25, 0.3) is 0 Å². The molecule has 1 aliphatic heterocycles. The molecule has 2 aromatic rings. The summed E-state index contributed by atoms with van der Waals surface area (Å²) >= 11 is 4.05. The number of thioether (sulfide) groups is 2. The monoisotopic (exact) mass is 427 g/mol. The number of methoxy groups -OCH3 is 1. The Labute approximate surface area is 181 Å². The Kier molecular flexibility index (Phi) is 6.72. The van der Waals surface area contributed by atoms with Crippen molar-refractivity contribution in [2.45, 2.75) is 30.4 Å². The lowest BCUT2D eigenvalue weighted by atomic mass is 9.67. The largest absolute Gasteiger partial charge is 0.496 e. The molecule has 2 aliphatic rings. The van der Waals surface area contributed by atoms with E-state index in [2.05, 4.69) is 12.1 Å². The average Bonchev–Trinajstić information content (AvgIpc) is 2.77. The number of benzene rings is 2. The molecule has 2 aromatic carbocycles. The Morgan fingerprint density at radius 3 is 2.83 bits per heavy atom. The molecule has 1 saturated heterocycles. The van der Waals surface area contributed by atoms with Crippen LogP contribution in [0.15, 0.2) is 42.5 Å². The maximum Gasteiger partial charge on any atom is 0.123 e. The van der Waals surface area contributed by atoms with E-state index in [1.165, 1.54) is 17.4 Å². The fraction of sp³-hybridized carbons (Fsp3) is 0.458. The smallest absolute Gasteiger partial charge is 0.123 e. The van der Waals surface area contributed by atoms with Gasteiger partial charge in [0.1, 0.15) is 11.6 Å². The van der Waals surface area contributed by atoms with E-state index in [4.69, 9.17) is 4.74 Å². The molecule has 0 amide bonds. The molecular formula is C24H26FNOS2. The second-order valence-corrected chi connectivity index (χ2v) is 10.3. The highest BCUT2D eigenvalue weighted by molar-refractivity contribution is 8.06. The zero-order valence-corrected chi connectivity index (χ0v) is 18.3. The lowest BCUT2D eigenvalue weighted by molar-refractivity contribution is 0.272. The van der Waals surface area contributed by atoms with Gasteiger partial charge in [0.2, 0.25) is 0 Å². The minimum atomic E-state index is -0.178. The first-order valence-corrected chi connectivity index (χ1v) is 12.4. The average molecular weight is 428 g/mol. The van der Waals surface area contributed by atoms with E-state index in [1.54, 1.807) is 19.2 Å². The van der Waals surface area contributed by atoms with Crippen LogP contribution in [-0.2, 0) is 12.8 Å². The molecule has 4 unspecified atom stereocenters. The number of nitriles is 1. The quantitative estimate of drug-likeness (QED) is 0.612. The van der Waals surface area contributed by atoms with Crippen molar-refractivity contribution < 1.29 is 9.13 Å². The minimum absolute atomic E-state index is 0.139. The van der Waals surface area contributed by atoms with Crippen molar-refractivity contribution >= 4 is 23.5 Å². The van der Waals surface area contributed by atoms with E-state index in [1.807, 2.05) is 41.7 Å². The number of halogens is 1. The van der Waals surface area contributed by atoms with Gasteiger partial charge in [0, 0.05) is 22.5 Å². The summed E-state index contributed by atoms with van der Waals surface area (Å²) in [5.41, 5.74) is 3.35. The van der Waals surface area contributed by atoms with Gasteiger partial charge in [-0.1, -0.05) is 24.3 Å². The predicted octanol–water partition coefficient (Wildman–Crippen LogP) is 5.71. The molecule has 5 heteroatoms. The van der Waals surface area contributed by atoms with Crippen LogP contribution in [0, 0.1) is 29.0 Å². The van der Waals surface area contributed by atoms with Crippen molar-refractivity contribution in [3.05, 3.63) is 65.0 Å². The summed E-state index contributed by atoms with van der Waals surface area (Å²) in [4.78, 5) is 0. The molecule has 0 saturated carbocycles. The van der Waals surface area contributed by atoms with Gasteiger partial charge in [-0.3, -0.25) is 0 Å². The Bertz CT molecular complexity index is 891. The summed E-state index contributed by atoms with van der Waals surface area (Å²) in [5.74, 6) is 4.68. The van der Waals surface area contributed by atoms with Crippen LogP contribution < -0.4 is 4.74 Å². The van der Waals surface area contributed by atoms with Crippen molar-refractivity contribution in [3.8, 4) is 11.8 Å². The van der Waals surface area contributed by atoms with E-state index < -0.39 is 0 Å². The molecule has 2 nitrogen and oxygen atoms in total. The topological polar surface area (TPSA) is 33.0 Å². The van der Waals surface area contributed by atoms with Crippen molar-refractivity contribution in [1.29, 1.82) is 5.26 Å². The van der Waals surface area contributed by atoms with Crippen LogP contribution in [-0.4, -0.2) is 29.6 Å². The molecule has 152 valence electrons. The van der Waals surface area contributed by atoms with E-state index in [-0.39, 0.29) is 17.7 Å². The minimum Gasteiger partial charge on any atom is -0.496 e. The summed E-state index contributed by atoms with van der Waals surface area (Å²) < 4.78 is 19.4. The van der Waals surface area contributed by atoms with Crippen LogP contribution in [0.4, 0.5) is 4.39 Å². The van der Waals surface area contributed by atoms with Gasteiger partial charge in [0.15, 0.2) is 0 Å². The number of nitrogens with zero attached hydrogens (tertiary/aromatic N) is 1. The third-order valence-corrected chi connectivity index (χ3v) is 9.19. The summed E-state index contributed by atoms with van der Waals surface area (Å²) in [7, 11) is 1.70. The van der Waals surface area contributed by atoms with E-state index >= 15 is 0 Å². The first-order valence-electron chi connectivity index (χ1n) is 10.2. The van der Waals surface area contributed by atoms with E-state index in [0.29, 0.717) is 11.2 Å². The van der Waals surface area contributed by atoms with Gasteiger partial charge in [-0.25, -0.2) is 4.39 Å². The zero-order chi connectivity index (χ0) is 20.2. The second kappa shape index (κ2) is 9.45. The van der Waals surface area contributed by atoms with E-state index in [9.17, 15) is 9.65 Å². The third-order valence-electron chi connectivity index (χ3n) is 6.25. The number of ether oxygens (including phenoxy) is 1. The van der Waals surface area contributed by atoms with Crippen LogP contribution in [0.1, 0.15) is 29.0 Å². The molecule has 0 bridgehead atoms. The SMILES string of the molecule is COc1cccc2c1CCC(C(Cc1cccc(F)c1)C1CSCCS1)C2C#N. The van der Waals surface area contributed by atoms with Crippen molar-refractivity contribution in [2.24, 2.45) is 11.8 Å². The number of hydrogen-bond donors (Lipinski definition) is 0. The zero-order valence-electron chi connectivity index (χ0n) is 16.6. The highest BCUT2D eigenvalue weighted by Gasteiger charge is 2.40. The van der Waals surface area contributed by atoms with Crippen LogP contribution in [0.2, 0.25) is 0 Å². The molecule has 0 spiro atoms. The Hall–Kier alpha value is -1.64. The molecule has 4 atom stereocenters. The first-order chi connectivity index (χ1) is 14.2. The lowest BCUT2D eigenvalue weighted by Crippen LogP contribution is -2.37. The summed E-state index contributed by atoms with van der Waals surface area (Å²) in [6.45, 7) is 0. The summed E-state index contributed by atoms with van der Waals surface area (Å²) in [6.07, 6.45) is 2.75. The van der Waals surface area contributed by atoms with Gasteiger partial charge in [0.05, 0.1) is 19.1 Å². The standard InChI is InChI=1S/C24H26FNOS2/c1-27-23-7-3-6-18-20(23)9-8-19(22(18)14-26)21(24-15-28-10-11-29-24)13-16-4-2-5-17(25)12-16/h2-7,12,19,21-22,24H,8-11,13,15H2,1H3. The van der Waals surface area contributed by atoms with Crippen molar-refractivity contribution in [2.75, 3.05) is 24.4 Å². The fourth-order valence-electron chi connectivity index (χ4n) is 4.92. The maximum atomic E-state index is 13.8. The molecule has 0 aromatic heterocycles. The molecule has 29 heavy (non-hydrogen) atoms. The Morgan fingerprint density at radius 2 is 2.10 bits per heavy atom. The summed E-state index contributed by atoms with van der Waals surface area (Å²) in [6, 6.07) is 15.7. The number of hydrogen-bond acceptors (Lipinski definition) is 4. The molecule has 0 N–H and O–H groups in total. The molecule has 4 rings (SSSR count). The van der Waals surface area contributed by atoms with Gasteiger partial charge in [-0.15, -0.1) is 0 Å². The Balaban J connectivity index is 1.68. The number of fused-ring (bicyclic) bond motifs is 1. The normalized spacial score (nSPS) is 24.9. The van der Waals surface area contributed by atoms with Crippen LogP contribution in [0.25, 0.3) is 0 Å². The first kappa shape index (κ1) is 20.6. The van der Waals surface area contributed by atoms with Gasteiger partial charge < -0.3 is 4.74 Å². The van der Waals surface area contributed by atoms with Crippen molar-refractivity contribution in [1.82, 2.24) is 0 Å².